The quantitative estimate of drug-likeness (QED) is 0.846. The van der Waals surface area contributed by atoms with E-state index in [1.165, 1.54) is 18.2 Å². The summed E-state index contributed by atoms with van der Waals surface area (Å²) in [6.07, 6.45) is 0. The Bertz CT molecular complexity index is 742. The van der Waals surface area contributed by atoms with E-state index in [1.54, 1.807) is 19.9 Å². The molecule has 0 bridgehead atoms. The number of nitrogens with two attached hydrogens (primary N) is 1. The van der Waals surface area contributed by atoms with Gasteiger partial charge in [0.2, 0.25) is 5.95 Å². The third kappa shape index (κ3) is 3.17. The maximum atomic E-state index is 12.2. The van der Waals surface area contributed by atoms with Crippen molar-refractivity contribution in [3.8, 4) is 0 Å². The van der Waals surface area contributed by atoms with Crippen molar-refractivity contribution < 1.29 is 8.42 Å². The van der Waals surface area contributed by atoms with Crippen LogP contribution in [0, 0.1) is 13.8 Å². The number of sulfonamides is 1. The number of nitrogens with one attached hydrogen (secondary N) is 1. The number of halogens is 1. The zero-order valence-corrected chi connectivity index (χ0v) is 12.5. The molecule has 1 heterocycles. The van der Waals surface area contributed by atoms with Gasteiger partial charge in [0.05, 0.1) is 15.6 Å². The maximum Gasteiger partial charge on any atom is 0.264 e. The van der Waals surface area contributed by atoms with Crippen LogP contribution in [0.4, 0.5) is 11.6 Å². The number of aromatic nitrogens is 2. The van der Waals surface area contributed by atoms with Crippen LogP contribution in [0.5, 0.6) is 0 Å². The molecule has 0 aliphatic heterocycles. The van der Waals surface area contributed by atoms with E-state index >= 15 is 0 Å². The minimum absolute atomic E-state index is 0.000501. The third-order valence-corrected chi connectivity index (χ3v) is 4.14. The van der Waals surface area contributed by atoms with Crippen molar-refractivity contribution >= 4 is 33.3 Å². The van der Waals surface area contributed by atoms with Gasteiger partial charge < -0.3 is 5.73 Å². The molecule has 0 saturated carbocycles. The van der Waals surface area contributed by atoms with E-state index in [9.17, 15) is 8.42 Å². The van der Waals surface area contributed by atoms with Crippen molar-refractivity contribution in [3.63, 3.8) is 0 Å². The minimum Gasteiger partial charge on any atom is -0.398 e. The van der Waals surface area contributed by atoms with Gasteiger partial charge in [0.15, 0.2) is 0 Å². The summed E-state index contributed by atoms with van der Waals surface area (Å²) in [4.78, 5) is 8.05. The molecule has 0 radical (unpaired) electrons. The number of hydrogen-bond donors (Lipinski definition) is 2. The molecule has 0 aliphatic rings. The zero-order valence-electron chi connectivity index (χ0n) is 10.9. The predicted molar refractivity (Wildman–Crippen MR) is 78.2 cm³/mol. The average Bonchev–Trinajstić information content (AvgIpc) is 2.30. The summed E-state index contributed by atoms with van der Waals surface area (Å²) in [6.45, 7) is 3.51. The molecular formula is C12H13ClN4O2S. The van der Waals surface area contributed by atoms with E-state index in [1.807, 2.05) is 0 Å². The van der Waals surface area contributed by atoms with Crippen LogP contribution in [-0.2, 0) is 10.0 Å². The number of nitrogen functional groups attached to an aromatic ring is 1. The van der Waals surface area contributed by atoms with Crippen LogP contribution in [-0.4, -0.2) is 18.4 Å². The second-order valence-electron chi connectivity index (χ2n) is 4.26. The largest absolute Gasteiger partial charge is 0.398 e. The lowest BCUT2D eigenvalue weighted by Crippen LogP contribution is -2.15. The monoisotopic (exact) mass is 312 g/mol. The molecule has 0 saturated heterocycles. The lowest BCUT2D eigenvalue weighted by atomic mass is 10.3. The first-order chi connectivity index (χ1) is 9.28. The van der Waals surface area contributed by atoms with Crippen LogP contribution in [0.15, 0.2) is 29.2 Å². The summed E-state index contributed by atoms with van der Waals surface area (Å²) in [7, 11) is -3.80. The summed E-state index contributed by atoms with van der Waals surface area (Å²) in [5, 5.41) is 0.175. The van der Waals surface area contributed by atoms with E-state index in [-0.39, 0.29) is 15.9 Å². The van der Waals surface area contributed by atoms with Crippen LogP contribution in [0.2, 0.25) is 5.02 Å². The smallest absolute Gasteiger partial charge is 0.264 e. The number of nitrogens with zero attached hydrogens (tertiary/aromatic N) is 2. The Hall–Kier alpha value is -1.86. The third-order valence-electron chi connectivity index (χ3n) is 2.49. The van der Waals surface area contributed by atoms with Crippen LogP contribution < -0.4 is 10.5 Å². The Balaban J connectivity index is 2.37. The number of benzene rings is 1. The molecule has 20 heavy (non-hydrogen) atoms. The molecule has 1 aromatic carbocycles. The predicted octanol–water partition coefficient (Wildman–Crippen LogP) is 2.13. The highest BCUT2D eigenvalue weighted by molar-refractivity contribution is 7.92. The normalized spacial score (nSPS) is 11.3. The van der Waals surface area contributed by atoms with Crippen LogP contribution in [0.3, 0.4) is 0 Å². The molecule has 2 rings (SSSR count). The topological polar surface area (TPSA) is 98.0 Å². The van der Waals surface area contributed by atoms with Crippen LogP contribution in [0.25, 0.3) is 0 Å². The molecule has 8 heteroatoms. The van der Waals surface area contributed by atoms with Crippen molar-refractivity contribution in [3.05, 3.63) is 40.7 Å². The first-order valence-corrected chi connectivity index (χ1v) is 7.54. The molecule has 0 aliphatic carbocycles. The van der Waals surface area contributed by atoms with E-state index in [0.717, 1.165) is 0 Å². The summed E-state index contributed by atoms with van der Waals surface area (Å²) in [6, 6.07) is 5.82. The van der Waals surface area contributed by atoms with Gasteiger partial charge in [-0.05, 0) is 38.1 Å². The van der Waals surface area contributed by atoms with Crippen LogP contribution >= 0.6 is 11.6 Å². The van der Waals surface area contributed by atoms with Gasteiger partial charge in [-0.1, -0.05) is 11.6 Å². The second-order valence-corrected chi connectivity index (χ2v) is 6.35. The molecule has 0 amide bonds. The lowest BCUT2D eigenvalue weighted by Gasteiger charge is -2.08. The molecule has 0 spiro atoms. The van der Waals surface area contributed by atoms with E-state index in [2.05, 4.69) is 14.7 Å². The van der Waals surface area contributed by atoms with Gasteiger partial charge in [-0.25, -0.2) is 23.1 Å². The Labute approximate surface area is 122 Å². The summed E-state index contributed by atoms with van der Waals surface area (Å²) in [5.74, 6) is 0.0236. The fraction of sp³-hybridized carbons (Fsp3) is 0.167. The van der Waals surface area contributed by atoms with Crippen LogP contribution in [0.1, 0.15) is 11.4 Å². The van der Waals surface area contributed by atoms with Gasteiger partial charge in [0.25, 0.3) is 10.0 Å². The van der Waals surface area contributed by atoms with Gasteiger partial charge >= 0.3 is 0 Å². The summed E-state index contributed by atoms with van der Waals surface area (Å²) < 4.78 is 26.7. The molecule has 3 N–H and O–H groups in total. The SMILES string of the molecule is Cc1cc(C)nc(NS(=O)(=O)c2ccc(N)c(Cl)c2)n1. The fourth-order valence-electron chi connectivity index (χ4n) is 1.63. The Morgan fingerprint density at radius 2 is 1.75 bits per heavy atom. The van der Waals surface area contributed by atoms with Gasteiger partial charge in [0.1, 0.15) is 0 Å². The highest BCUT2D eigenvalue weighted by Crippen LogP contribution is 2.23. The molecule has 6 nitrogen and oxygen atoms in total. The number of hydrogen-bond acceptors (Lipinski definition) is 5. The maximum absolute atomic E-state index is 12.2. The van der Waals surface area contributed by atoms with Crippen molar-refractivity contribution in [2.24, 2.45) is 0 Å². The highest BCUT2D eigenvalue weighted by Gasteiger charge is 2.17. The summed E-state index contributed by atoms with van der Waals surface area (Å²) in [5.41, 5.74) is 7.21. The van der Waals surface area contributed by atoms with Gasteiger partial charge in [-0.2, -0.15) is 0 Å². The van der Waals surface area contributed by atoms with E-state index in [4.69, 9.17) is 17.3 Å². The Kier molecular flexibility index (Phi) is 3.82. The van der Waals surface area contributed by atoms with Crippen molar-refractivity contribution in [1.82, 2.24) is 9.97 Å². The number of rotatable bonds is 3. The van der Waals surface area contributed by atoms with Crippen molar-refractivity contribution in [1.29, 1.82) is 0 Å². The van der Waals surface area contributed by atoms with E-state index in [0.29, 0.717) is 17.1 Å². The summed E-state index contributed by atoms with van der Waals surface area (Å²) >= 11 is 5.82. The molecule has 0 atom stereocenters. The molecule has 106 valence electrons. The van der Waals surface area contributed by atoms with Crippen molar-refractivity contribution in [2.75, 3.05) is 10.5 Å². The molecule has 0 unspecified atom stereocenters. The van der Waals surface area contributed by atoms with Gasteiger partial charge in [0, 0.05) is 11.4 Å². The molecule has 2 aromatic rings. The van der Waals surface area contributed by atoms with Crippen molar-refractivity contribution in [2.45, 2.75) is 18.7 Å². The highest BCUT2D eigenvalue weighted by atomic mass is 35.5. The zero-order chi connectivity index (χ0) is 14.9. The van der Waals surface area contributed by atoms with Gasteiger partial charge in [-0.3, -0.25) is 0 Å². The minimum atomic E-state index is -3.80. The molecule has 1 aromatic heterocycles. The van der Waals surface area contributed by atoms with E-state index < -0.39 is 10.0 Å². The first kappa shape index (κ1) is 14.5. The number of anilines is 2. The average molecular weight is 313 g/mol. The first-order valence-electron chi connectivity index (χ1n) is 5.68. The Morgan fingerprint density at radius 1 is 1.15 bits per heavy atom. The Morgan fingerprint density at radius 3 is 2.30 bits per heavy atom. The standard InChI is InChI=1S/C12H13ClN4O2S/c1-7-5-8(2)16-12(15-7)17-20(18,19)9-3-4-11(14)10(13)6-9/h3-6H,14H2,1-2H3,(H,15,16,17). The second kappa shape index (κ2) is 5.26. The van der Waals surface area contributed by atoms with Gasteiger partial charge in [-0.15, -0.1) is 0 Å². The lowest BCUT2D eigenvalue weighted by molar-refractivity contribution is 0.601. The fourth-order valence-corrected chi connectivity index (χ4v) is 2.84. The molecular weight excluding hydrogens is 300 g/mol. The number of aryl methyl sites for hydroxylation is 2. The molecule has 0 fully saturated rings.